The monoisotopic (exact) mass is 416 g/mol. The number of carboxylic acid groups (broad SMARTS) is 1. The minimum atomic E-state index is -0.915. The van der Waals surface area contributed by atoms with Crippen molar-refractivity contribution in [2.75, 3.05) is 5.75 Å². The molecule has 0 radical (unpaired) electrons. The van der Waals surface area contributed by atoms with Gasteiger partial charge >= 0.3 is 5.97 Å². The van der Waals surface area contributed by atoms with E-state index in [0.717, 1.165) is 39.4 Å². The summed E-state index contributed by atoms with van der Waals surface area (Å²) in [6.45, 7) is 0. The second kappa shape index (κ2) is 7.57. The lowest BCUT2D eigenvalue weighted by molar-refractivity contribution is -0.133. The molecule has 30 heavy (non-hydrogen) atoms. The van der Waals surface area contributed by atoms with E-state index < -0.39 is 5.97 Å². The molecular weight excluding hydrogens is 400 g/mol. The van der Waals surface area contributed by atoms with Gasteiger partial charge in [0.15, 0.2) is 11.6 Å². The van der Waals surface area contributed by atoms with Gasteiger partial charge in [0.25, 0.3) is 0 Å². The number of furan rings is 1. The van der Waals surface area contributed by atoms with Gasteiger partial charge < -0.3 is 14.5 Å². The Labute approximate surface area is 175 Å². The molecule has 3 N–H and O–H groups in total. The predicted octanol–water partition coefficient (Wildman–Crippen LogP) is 5.06. The van der Waals surface area contributed by atoms with Crippen LogP contribution in [0.5, 0.6) is 0 Å². The topological polar surface area (TPSA) is 108 Å². The third-order valence-electron chi connectivity index (χ3n) is 4.68. The minimum absolute atomic E-state index is 0.0961. The fourth-order valence-corrected chi connectivity index (χ4v) is 3.82. The van der Waals surface area contributed by atoms with E-state index in [-0.39, 0.29) is 5.75 Å². The Morgan fingerprint density at radius 3 is 2.70 bits per heavy atom. The summed E-state index contributed by atoms with van der Waals surface area (Å²) in [4.78, 5) is 18.3. The van der Waals surface area contributed by atoms with Crippen molar-refractivity contribution in [3.05, 3.63) is 66.9 Å². The van der Waals surface area contributed by atoms with Crippen molar-refractivity contribution in [3.8, 4) is 34.0 Å². The highest BCUT2D eigenvalue weighted by atomic mass is 32.2. The number of nitrogens with zero attached hydrogens (tertiary/aromatic N) is 2. The van der Waals surface area contributed by atoms with E-state index in [1.54, 1.807) is 0 Å². The molecule has 0 aliphatic heterocycles. The number of hydrogen-bond donors (Lipinski definition) is 3. The normalized spacial score (nSPS) is 11.2. The zero-order valence-electron chi connectivity index (χ0n) is 15.6. The molecular formula is C22H16N4O3S. The number of rotatable bonds is 6. The second-order valence-electron chi connectivity index (χ2n) is 6.64. The molecule has 148 valence electrons. The molecule has 3 heterocycles. The van der Waals surface area contributed by atoms with E-state index in [1.165, 1.54) is 0 Å². The number of nitrogens with one attached hydrogen (secondary N) is 2. The van der Waals surface area contributed by atoms with Crippen LogP contribution in [0.3, 0.4) is 0 Å². The maximum atomic E-state index is 10.7. The average Bonchev–Trinajstić information content (AvgIpc) is 3.51. The van der Waals surface area contributed by atoms with Crippen LogP contribution in [0.4, 0.5) is 0 Å². The molecule has 0 saturated heterocycles. The van der Waals surface area contributed by atoms with E-state index in [1.807, 2.05) is 48.7 Å². The zero-order chi connectivity index (χ0) is 20.5. The summed E-state index contributed by atoms with van der Waals surface area (Å²) >= 11 is 1.05. The van der Waals surface area contributed by atoms with Gasteiger partial charge in [-0.15, -0.1) is 5.10 Å². The number of thioether (sulfide) groups is 1. The third kappa shape index (κ3) is 3.48. The van der Waals surface area contributed by atoms with Crippen molar-refractivity contribution < 1.29 is 14.3 Å². The van der Waals surface area contributed by atoms with Gasteiger partial charge in [-0.2, -0.15) is 4.98 Å². The molecule has 0 spiro atoms. The molecule has 0 aliphatic rings. The minimum Gasteiger partial charge on any atom is -0.481 e. The standard InChI is InChI=1S/C22H16N4O3S/c27-20(28)12-30-22-24-21(25-26-22)19-9-8-18(29-19)14-6-7-17-15(10-14)16(11-23-17)13-4-2-1-3-5-13/h1-11,23H,12H2,(H,27,28)(H,24,25,26). The first-order valence-electron chi connectivity index (χ1n) is 9.21. The quantitative estimate of drug-likeness (QED) is 0.334. The number of fused-ring (bicyclic) bond motifs is 1. The molecule has 0 bridgehead atoms. The van der Waals surface area contributed by atoms with Crippen LogP contribution in [0.1, 0.15) is 0 Å². The van der Waals surface area contributed by atoms with Gasteiger partial charge in [-0.3, -0.25) is 9.89 Å². The van der Waals surface area contributed by atoms with Gasteiger partial charge in [-0.1, -0.05) is 42.1 Å². The fourth-order valence-electron chi connectivity index (χ4n) is 3.30. The Morgan fingerprint density at radius 1 is 1.03 bits per heavy atom. The number of carboxylic acids is 1. The molecule has 3 aromatic heterocycles. The Balaban J connectivity index is 1.45. The third-order valence-corrected chi connectivity index (χ3v) is 5.51. The summed E-state index contributed by atoms with van der Waals surface area (Å²) in [5.74, 6) is 0.699. The molecule has 2 aromatic carbocycles. The van der Waals surface area contributed by atoms with Crippen molar-refractivity contribution in [1.82, 2.24) is 20.2 Å². The van der Waals surface area contributed by atoms with Crippen LogP contribution in [0.15, 0.2) is 76.4 Å². The van der Waals surface area contributed by atoms with Gasteiger partial charge in [-0.25, -0.2) is 0 Å². The lowest BCUT2D eigenvalue weighted by atomic mass is 10.0. The molecule has 0 fully saturated rings. The Bertz CT molecular complexity index is 1340. The van der Waals surface area contributed by atoms with Crippen LogP contribution in [0, 0.1) is 0 Å². The molecule has 0 unspecified atom stereocenters. The number of benzene rings is 2. The molecule has 0 saturated carbocycles. The van der Waals surface area contributed by atoms with E-state index in [2.05, 4.69) is 38.4 Å². The number of carbonyl (C=O) groups is 1. The van der Waals surface area contributed by atoms with Gasteiger partial charge in [-0.05, 0) is 35.9 Å². The van der Waals surface area contributed by atoms with Crippen LogP contribution in [0.25, 0.3) is 44.9 Å². The fraction of sp³-hybridized carbons (Fsp3) is 0.0455. The first kappa shape index (κ1) is 18.3. The van der Waals surface area contributed by atoms with Crippen molar-refractivity contribution >= 4 is 28.6 Å². The number of aliphatic carboxylic acids is 1. The van der Waals surface area contributed by atoms with E-state index in [9.17, 15) is 4.79 Å². The number of aromatic amines is 2. The van der Waals surface area contributed by atoms with E-state index >= 15 is 0 Å². The Hall–Kier alpha value is -3.78. The highest BCUT2D eigenvalue weighted by molar-refractivity contribution is 7.99. The smallest absolute Gasteiger partial charge is 0.313 e. The first-order valence-corrected chi connectivity index (χ1v) is 10.2. The van der Waals surface area contributed by atoms with Gasteiger partial charge in [0, 0.05) is 28.2 Å². The average molecular weight is 416 g/mol. The summed E-state index contributed by atoms with van der Waals surface area (Å²) in [6, 6.07) is 20.1. The summed E-state index contributed by atoms with van der Waals surface area (Å²) in [5.41, 5.74) is 4.29. The van der Waals surface area contributed by atoms with Gasteiger partial charge in [0.2, 0.25) is 5.16 Å². The highest BCUT2D eigenvalue weighted by Gasteiger charge is 2.14. The lowest BCUT2D eigenvalue weighted by Gasteiger charge is -2.02. The molecule has 8 heteroatoms. The van der Waals surface area contributed by atoms with Crippen LogP contribution in [0.2, 0.25) is 0 Å². The van der Waals surface area contributed by atoms with Crippen molar-refractivity contribution in [2.24, 2.45) is 0 Å². The second-order valence-corrected chi connectivity index (χ2v) is 7.58. The van der Waals surface area contributed by atoms with Crippen LogP contribution in [-0.2, 0) is 4.79 Å². The largest absolute Gasteiger partial charge is 0.481 e. The summed E-state index contributed by atoms with van der Waals surface area (Å²) in [6.07, 6.45) is 2.02. The van der Waals surface area contributed by atoms with Crippen molar-refractivity contribution in [1.29, 1.82) is 0 Å². The summed E-state index contributed by atoms with van der Waals surface area (Å²) in [7, 11) is 0. The van der Waals surface area contributed by atoms with Gasteiger partial charge in [0.1, 0.15) is 5.76 Å². The van der Waals surface area contributed by atoms with E-state index in [4.69, 9.17) is 9.52 Å². The molecule has 0 aliphatic carbocycles. The molecule has 7 nitrogen and oxygen atoms in total. The van der Waals surface area contributed by atoms with Crippen LogP contribution < -0.4 is 0 Å². The molecule has 5 rings (SSSR count). The first-order chi connectivity index (χ1) is 14.7. The summed E-state index contributed by atoms with van der Waals surface area (Å²) < 4.78 is 6.00. The molecule has 0 amide bonds. The van der Waals surface area contributed by atoms with E-state index in [0.29, 0.717) is 22.5 Å². The van der Waals surface area contributed by atoms with Crippen molar-refractivity contribution in [3.63, 3.8) is 0 Å². The number of H-pyrrole nitrogens is 2. The number of hydrogen-bond acceptors (Lipinski definition) is 5. The predicted molar refractivity (Wildman–Crippen MR) is 115 cm³/mol. The van der Waals surface area contributed by atoms with Crippen molar-refractivity contribution in [2.45, 2.75) is 5.16 Å². The zero-order valence-corrected chi connectivity index (χ0v) is 16.4. The Kier molecular flexibility index (Phi) is 4.61. The maximum absolute atomic E-state index is 10.7. The SMILES string of the molecule is O=C(O)CSc1n[nH]c(-c2ccc(-c3ccc4[nH]cc(-c5ccccc5)c4c3)o2)n1. The highest BCUT2D eigenvalue weighted by Crippen LogP contribution is 2.34. The van der Waals surface area contributed by atoms with Crippen LogP contribution in [-0.4, -0.2) is 37.0 Å². The lowest BCUT2D eigenvalue weighted by Crippen LogP contribution is -1.97. The van der Waals surface area contributed by atoms with Crippen LogP contribution >= 0.6 is 11.8 Å². The Morgan fingerprint density at radius 2 is 1.87 bits per heavy atom. The molecule has 5 aromatic rings. The maximum Gasteiger partial charge on any atom is 0.313 e. The summed E-state index contributed by atoms with van der Waals surface area (Å²) in [5, 5.41) is 17.1. The molecule has 0 atom stereocenters. The van der Waals surface area contributed by atoms with Gasteiger partial charge in [0.05, 0.1) is 5.75 Å². The number of aromatic nitrogens is 4.